The first kappa shape index (κ1) is 48.5. The minimum Gasteiger partial charge on any atom is -0.466 e. The normalized spacial score (nSPS) is 15.1. The number of non-ortho nitro benzene ring substituents is 1. The highest BCUT2D eigenvalue weighted by Gasteiger charge is 2.41. The predicted octanol–water partition coefficient (Wildman–Crippen LogP) is 6.28. The van der Waals surface area contributed by atoms with Gasteiger partial charge in [0, 0.05) is 59.6 Å². The lowest BCUT2D eigenvalue weighted by Gasteiger charge is -2.30. The van der Waals surface area contributed by atoms with Gasteiger partial charge in [0.2, 0.25) is 0 Å². The number of carbonyl (C=O) groups is 4. The van der Waals surface area contributed by atoms with E-state index in [0.717, 1.165) is 5.56 Å². The molecule has 2 aliphatic rings. The van der Waals surface area contributed by atoms with Crippen LogP contribution in [0.25, 0.3) is 0 Å². The molecule has 0 spiro atoms. The van der Waals surface area contributed by atoms with Crippen molar-refractivity contribution in [3.63, 3.8) is 0 Å². The van der Waals surface area contributed by atoms with Gasteiger partial charge in [-0.3, -0.25) is 25.1 Å². The number of nitrogens with one attached hydrogen (secondary N) is 2. The molecule has 0 bridgehead atoms. The fourth-order valence-corrected chi connectivity index (χ4v) is 7.11. The predicted molar refractivity (Wildman–Crippen MR) is 226 cm³/mol. The Morgan fingerprint density at radius 1 is 0.639 bits per heavy atom. The van der Waals surface area contributed by atoms with Gasteiger partial charge in [-0.15, -0.1) is 12.4 Å². The number of ether oxygens (including phenoxy) is 4. The van der Waals surface area contributed by atoms with Crippen molar-refractivity contribution < 1.29 is 48.0 Å². The second kappa shape index (κ2) is 22.0. The quantitative estimate of drug-likeness (QED) is 0.0837. The SMILES string of the molecule is COC(=O)C1=C(C)NC(C)=C(C(=O)OC)C1c1ccccc1[N+](=O)[O-].COC(=O)C1=C(C)NC(C)=C(C(=O)OCCN(C)Cc2ccccc2)C1c1cccc([N+](=O)[O-])c1.Cl. The molecule has 0 saturated heterocycles. The molecule has 1 unspecified atom stereocenters. The topological polar surface area (TPSA) is 219 Å². The monoisotopic (exact) mass is 861 g/mol. The number of hydrogen-bond donors (Lipinski definition) is 2. The summed E-state index contributed by atoms with van der Waals surface area (Å²) in [5.41, 5.74) is 4.04. The summed E-state index contributed by atoms with van der Waals surface area (Å²) in [6.45, 7) is 8.03. The maximum absolute atomic E-state index is 13.3. The number of halogens is 1. The second-order valence-corrected chi connectivity index (χ2v) is 13.8. The van der Waals surface area contributed by atoms with E-state index in [0.29, 0.717) is 41.4 Å². The molecular formula is C43H48ClN5O12. The van der Waals surface area contributed by atoms with Crippen molar-refractivity contribution in [2.24, 2.45) is 0 Å². The van der Waals surface area contributed by atoms with E-state index in [-0.39, 0.29) is 58.2 Å². The van der Waals surface area contributed by atoms with Gasteiger partial charge in [-0.2, -0.15) is 0 Å². The van der Waals surface area contributed by atoms with Crippen molar-refractivity contribution in [1.82, 2.24) is 15.5 Å². The molecule has 18 heteroatoms. The minimum atomic E-state index is -0.970. The summed E-state index contributed by atoms with van der Waals surface area (Å²) in [5, 5.41) is 28.8. The summed E-state index contributed by atoms with van der Waals surface area (Å²) >= 11 is 0. The molecule has 3 aromatic rings. The molecule has 0 radical (unpaired) electrons. The highest BCUT2D eigenvalue weighted by molar-refractivity contribution is 6.01. The Hall–Kier alpha value is -6.85. The zero-order valence-corrected chi connectivity index (χ0v) is 35.7. The molecule has 3 aromatic carbocycles. The molecule has 1 atom stereocenters. The van der Waals surface area contributed by atoms with Crippen molar-refractivity contribution in [2.45, 2.75) is 46.1 Å². The van der Waals surface area contributed by atoms with E-state index >= 15 is 0 Å². The molecular weight excluding hydrogens is 814 g/mol. The number of nitro groups is 2. The average Bonchev–Trinajstić information content (AvgIpc) is 3.22. The molecule has 17 nitrogen and oxygen atoms in total. The number of carbonyl (C=O) groups excluding carboxylic acids is 4. The van der Waals surface area contributed by atoms with Crippen molar-refractivity contribution in [3.8, 4) is 0 Å². The number of dihydropyridines is 2. The van der Waals surface area contributed by atoms with Gasteiger partial charge < -0.3 is 29.6 Å². The van der Waals surface area contributed by atoms with Crippen LogP contribution in [0.3, 0.4) is 0 Å². The van der Waals surface area contributed by atoms with Crippen LogP contribution in [0.4, 0.5) is 11.4 Å². The van der Waals surface area contributed by atoms with Crippen molar-refractivity contribution in [3.05, 3.63) is 161 Å². The van der Waals surface area contributed by atoms with Crippen LogP contribution in [0.15, 0.2) is 124 Å². The summed E-state index contributed by atoms with van der Waals surface area (Å²) in [6.07, 6.45) is 0. The van der Waals surface area contributed by atoms with Gasteiger partial charge in [0.1, 0.15) is 6.61 Å². The van der Waals surface area contributed by atoms with Gasteiger partial charge in [-0.25, -0.2) is 19.2 Å². The number of para-hydroxylation sites is 1. The third-order valence-electron chi connectivity index (χ3n) is 9.82. The highest BCUT2D eigenvalue weighted by atomic mass is 35.5. The van der Waals surface area contributed by atoms with Crippen LogP contribution in [-0.4, -0.2) is 80.2 Å². The summed E-state index contributed by atoms with van der Waals surface area (Å²) in [7, 11) is 5.60. The molecule has 324 valence electrons. The molecule has 0 amide bonds. The number of nitro benzene ring substituents is 2. The van der Waals surface area contributed by atoms with Crippen LogP contribution in [0.5, 0.6) is 0 Å². The fourth-order valence-electron chi connectivity index (χ4n) is 7.11. The van der Waals surface area contributed by atoms with Crippen LogP contribution in [0.2, 0.25) is 0 Å². The van der Waals surface area contributed by atoms with Gasteiger partial charge in [-0.1, -0.05) is 60.7 Å². The lowest BCUT2D eigenvalue weighted by atomic mass is 9.79. The Morgan fingerprint density at radius 3 is 1.61 bits per heavy atom. The molecule has 5 rings (SSSR count). The lowest BCUT2D eigenvalue weighted by molar-refractivity contribution is -0.385. The largest absolute Gasteiger partial charge is 0.466 e. The summed E-state index contributed by atoms with van der Waals surface area (Å²) < 4.78 is 20.2. The maximum Gasteiger partial charge on any atom is 0.336 e. The number of benzene rings is 3. The van der Waals surface area contributed by atoms with Gasteiger partial charge in [0.05, 0.1) is 65.3 Å². The van der Waals surface area contributed by atoms with E-state index in [1.807, 2.05) is 42.3 Å². The Bertz CT molecular complexity index is 2270. The molecule has 0 saturated carbocycles. The Labute approximate surface area is 358 Å². The van der Waals surface area contributed by atoms with Gasteiger partial charge >= 0.3 is 23.9 Å². The molecule has 2 heterocycles. The Balaban J connectivity index is 0.000000338. The fraction of sp³-hybridized carbons (Fsp3) is 0.302. The molecule has 2 aliphatic heterocycles. The van der Waals surface area contributed by atoms with E-state index in [1.165, 1.54) is 57.7 Å². The van der Waals surface area contributed by atoms with Gasteiger partial charge in [0.15, 0.2) is 0 Å². The van der Waals surface area contributed by atoms with Crippen molar-refractivity contribution in [2.75, 3.05) is 41.5 Å². The molecule has 0 aliphatic carbocycles. The number of likely N-dealkylation sites (N-methyl/N-ethyl adjacent to an activating group) is 1. The smallest absolute Gasteiger partial charge is 0.336 e. The maximum atomic E-state index is 13.3. The van der Waals surface area contributed by atoms with Crippen molar-refractivity contribution >= 4 is 47.7 Å². The van der Waals surface area contributed by atoms with Crippen LogP contribution in [0.1, 0.15) is 56.2 Å². The Kier molecular flexibility index (Phi) is 17.5. The standard InChI is InChI=1S/C26H29N3O6.C17H18N2O6.ClH/c1-17-22(25(30)34-4)24(20-11-8-12-21(15-20)29(32)33)23(18(2)27-17)26(31)35-14-13-28(3)16-19-9-6-5-7-10-19;1-9-13(16(20)24-3)15(14(10(2)18-9)17(21)25-4)11-7-5-6-8-12(11)19(22)23;/h5-12,15,24,27H,13-14,16H2,1-4H3;5-8,15,18H,1-4H3;1H. The number of allylic oxidation sites excluding steroid dienone is 4. The Morgan fingerprint density at radius 2 is 1.11 bits per heavy atom. The first-order valence-electron chi connectivity index (χ1n) is 18.5. The number of hydrogen-bond acceptors (Lipinski definition) is 15. The summed E-state index contributed by atoms with van der Waals surface area (Å²) in [6, 6.07) is 21.8. The van der Waals surface area contributed by atoms with E-state index in [1.54, 1.807) is 39.8 Å². The minimum absolute atomic E-state index is 0. The number of methoxy groups -OCH3 is 3. The first-order chi connectivity index (χ1) is 28.6. The van der Waals surface area contributed by atoms with Crippen molar-refractivity contribution in [1.29, 1.82) is 0 Å². The number of esters is 4. The summed E-state index contributed by atoms with van der Waals surface area (Å²) in [4.78, 5) is 74.4. The average molecular weight is 862 g/mol. The zero-order chi connectivity index (χ0) is 44.3. The van der Waals surface area contributed by atoms with Gasteiger partial charge in [-0.05, 0) is 45.9 Å². The first-order valence-corrected chi connectivity index (χ1v) is 18.5. The van der Waals surface area contributed by atoms with E-state index in [4.69, 9.17) is 18.9 Å². The number of nitrogens with zero attached hydrogens (tertiary/aromatic N) is 3. The zero-order valence-electron chi connectivity index (χ0n) is 34.9. The van der Waals surface area contributed by atoms with Crippen LogP contribution in [0, 0.1) is 20.2 Å². The molecule has 0 aromatic heterocycles. The number of rotatable bonds is 13. The van der Waals surface area contributed by atoms with E-state index in [9.17, 15) is 39.4 Å². The van der Waals surface area contributed by atoms with E-state index < -0.39 is 45.6 Å². The molecule has 0 fully saturated rings. The van der Waals surface area contributed by atoms with Crippen LogP contribution < -0.4 is 10.6 Å². The molecule has 2 N–H and O–H groups in total. The molecule has 61 heavy (non-hydrogen) atoms. The third-order valence-corrected chi connectivity index (χ3v) is 9.82. The van der Waals surface area contributed by atoms with Crippen LogP contribution in [-0.2, 0) is 44.7 Å². The lowest BCUT2D eigenvalue weighted by Crippen LogP contribution is -2.33. The van der Waals surface area contributed by atoms with Crippen LogP contribution >= 0.6 is 12.4 Å². The van der Waals surface area contributed by atoms with E-state index in [2.05, 4.69) is 10.6 Å². The second-order valence-electron chi connectivity index (χ2n) is 13.8. The highest BCUT2D eigenvalue weighted by Crippen LogP contribution is 2.43. The van der Waals surface area contributed by atoms with Gasteiger partial charge in [0.25, 0.3) is 11.4 Å². The third kappa shape index (κ3) is 11.5. The summed E-state index contributed by atoms with van der Waals surface area (Å²) in [5.74, 6) is -4.44.